The van der Waals surface area contributed by atoms with Crippen LogP contribution in [0.4, 0.5) is 0 Å². The molecule has 60 valence electrons. The van der Waals surface area contributed by atoms with E-state index in [1.807, 2.05) is 13.8 Å². The van der Waals surface area contributed by atoms with Crippen molar-refractivity contribution in [2.45, 2.75) is 32.3 Å². The molecule has 0 bridgehead atoms. The zero-order chi connectivity index (χ0) is 8.06. The first-order valence-corrected chi connectivity index (χ1v) is 3.79. The smallest absolute Gasteiger partial charge is 0.140 e. The number of nitrogens with zero attached hydrogens (tertiary/aromatic N) is 1. The summed E-state index contributed by atoms with van der Waals surface area (Å²) in [5, 5.41) is 13.5. The first kappa shape index (κ1) is 6.85. The minimum atomic E-state index is -0.603. The molecule has 0 saturated heterocycles. The molecule has 1 aromatic heterocycles. The molecule has 0 amide bonds. The molecule has 0 aliphatic heterocycles. The van der Waals surface area contributed by atoms with Gasteiger partial charge in [-0.15, -0.1) is 0 Å². The number of aliphatic hydroxyl groups is 1. The first-order valence-electron chi connectivity index (χ1n) is 3.79. The Bertz CT molecular complexity index is 267. The van der Waals surface area contributed by atoms with Crippen LogP contribution in [0.25, 0.3) is 0 Å². The van der Waals surface area contributed by atoms with Gasteiger partial charge in [0, 0.05) is 5.56 Å². The van der Waals surface area contributed by atoms with Crippen LogP contribution in [0.15, 0.2) is 4.52 Å². The fourth-order valence-electron chi connectivity index (χ4n) is 1.52. The molecule has 0 spiro atoms. The highest BCUT2D eigenvalue weighted by Crippen LogP contribution is 2.47. The van der Waals surface area contributed by atoms with Crippen molar-refractivity contribution in [3.05, 3.63) is 17.0 Å². The Hall–Kier alpha value is -0.830. The highest BCUT2D eigenvalue weighted by atomic mass is 16.5. The van der Waals surface area contributed by atoms with E-state index < -0.39 is 5.60 Å². The Morgan fingerprint density at radius 1 is 1.45 bits per heavy atom. The van der Waals surface area contributed by atoms with Gasteiger partial charge in [-0.2, -0.15) is 0 Å². The predicted molar refractivity (Wildman–Crippen MR) is 39.1 cm³/mol. The molecule has 3 nitrogen and oxygen atoms in total. The maximum atomic E-state index is 9.75. The summed E-state index contributed by atoms with van der Waals surface area (Å²) in [6.07, 6.45) is 1.69. The first-order chi connectivity index (χ1) is 5.13. The van der Waals surface area contributed by atoms with Gasteiger partial charge in [-0.1, -0.05) is 5.16 Å². The van der Waals surface area contributed by atoms with Crippen LogP contribution in [-0.4, -0.2) is 10.3 Å². The van der Waals surface area contributed by atoms with Gasteiger partial charge in [0.15, 0.2) is 0 Å². The average Bonchev–Trinajstić information content (AvgIpc) is 2.56. The number of aryl methyl sites for hydroxylation is 2. The quantitative estimate of drug-likeness (QED) is 0.660. The van der Waals surface area contributed by atoms with Gasteiger partial charge in [0.25, 0.3) is 0 Å². The molecule has 1 aliphatic carbocycles. The second-order valence-corrected chi connectivity index (χ2v) is 3.23. The summed E-state index contributed by atoms with van der Waals surface area (Å²) in [6.45, 7) is 3.70. The lowest BCUT2D eigenvalue weighted by molar-refractivity contribution is 0.149. The maximum Gasteiger partial charge on any atom is 0.140 e. The molecular weight excluding hydrogens is 142 g/mol. The van der Waals surface area contributed by atoms with Crippen LogP contribution in [0.2, 0.25) is 0 Å². The van der Waals surface area contributed by atoms with E-state index in [0.29, 0.717) is 0 Å². The fraction of sp³-hybridized carbons (Fsp3) is 0.625. The van der Waals surface area contributed by atoms with Crippen molar-refractivity contribution in [1.29, 1.82) is 0 Å². The molecule has 0 aromatic carbocycles. The molecule has 11 heavy (non-hydrogen) atoms. The lowest BCUT2D eigenvalue weighted by atomic mass is 10.1. The Kier molecular flexibility index (Phi) is 1.16. The molecule has 2 rings (SSSR count). The van der Waals surface area contributed by atoms with Crippen molar-refractivity contribution in [2.24, 2.45) is 0 Å². The van der Waals surface area contributed by atoms with E-state index in [4.69, 9.17) is 4.52 Å². The molecule has 1 fully saturated rings. The van der Waals surface area contributed by atoms with Gasteiger partial charge in [-0.3, -0.25) is 0 Å². The highest BCUT2D eigenvalue weighted by Gasteiger charge is 2.46. The molecule has 0 radical (unpaired) electrons. The fourth-order valence-corrected chi connectivity index (χ4v) is 1.52. The van der Waals surface area contributed by atoms with Crippen LogP contribution < -0.4 is 0 Å². The van der Waals surface area contributed by atoms with E-state index in [0.717, 1.165) is 29.9 Å². The summed E-state index contributed by atoms with van der Waals surface area (Å²) >= 11 is 0. The second-order valence-electron chi connectivity index (χ2n) is 3.23. The number of hydrogen-bond donors (Lipinski definition) is 1. The van der Waals surface area contributed by atoms with Crippen LogP contribution in [-0.2, 0) is 5.60 Å². The molecule has 0 unspecified atom stereocenters. The average molecular weight is 153 g/mol. The normalized spacial score (nSPS) is 20.3. The number of hydrogen-bond acceptors (Lipinski definition) is 3. The van der Waals surface area contributed by atoms with Crippen LogP contribution in [0.1, 0.15) is 29.9 Å². The molecule has 3 heteroatoms. The van der Waals surface area contributed by atoms with Crippen molar-refractivity contribution in [1.82, 2.24) is 5.16 Å². The van der Waals surface area contributed by atoms with Crippen LogP contribution in [0, 0.1) is 13.8 Å². The molecule has 1 saturated carbocycles. The van der Waals surface area contributed by atoms with Gasteiger partial charge < -0.3 is 9.63 Å². The summed E-state index contributed by atoms with van der Waals surface area (Å²) in [4.78, 5) is 0. The van der Waals surface area contributed by atoms with E-state index in [2.05, 4.69) is 5.16 Å². The molecule has 0 atom stereocenters. The van der Waals surface area contributed by atoms with Crippen molar-refractivity contribution in [3.8, 4) is 0 Å². The third-order valence-electron chi connectivity index (χ3n) is 2.22. The summed E-state index contributed by atoms with van der Waals surface area (Å²) in [6, 6.07) is 0. The minimum absolute atomic E-state index is 0.603. The monoisotopic (exact) mass is 153 g/mol. The molecule has 1 heterocycles. The summed E-state index contributed by atoms with van der Waals surface area (Å²) < 4.78 is 4.95. The van der Waals surface area contributed by atoms with Gasteiger partial charge >= 0.3 is 0 Å². The SMILES string of the molecule is Cc1noc(C)c1C1(O)CC1. The van der Waals surface area contributed by atoms with Crippen LogP contribution in [0.3, 0.4) is 0 Å². The van der Waals surface area contributed by atoms with Gasteiger partial charge in [0.05, 0.1) is 11.3 Å². The van der Waals surface area contributed by atoms with Crippen molar-refractivity contribution in [2.75, 3.05) is 0 Å². The van der Waals surface area contributed by atoms with E-state index in [-0.39, 0.29) is 0 Å². The van der Waals surface area contributed by atoms with E-state index in [1.54, 1.807) is 0 Å². The zero-order valence-corrected chi connectivity index (χ0v) is 6.72. The summed E-state index contributed by atoms with van der Waals surface area (Å²) in [5.74, 6) is 0.752. The third kappa shape index (κ3) is 0.878. The number of rotatable bonds is 1. The molecule has 1 aromatic rings. The van der Waals surface area contributed by atoms with Gasteiger partial charge in [-0.05, 0) is 26.7 Å². The lowest BCUT2D eigenvalue weighted by Gasteiger charge is -2.04. The molecule has 1 N–H and O–H groups in total. The lowest BCUT2D eigenvalue weighted by Crippen LogP contribution is -2.06. The molecule has 1 aliphatic rings. The van der Waals surface area contributed by atoms with Gasteiger partial charge in [-0.25, -0.2) is 0 Å². The maximum absolute atomic E-state index is 9.75. The van der Waals surface area contributed by atoms with Gasteiger partial charge in [0.1, 0.15) is 5.76 Å². The number of aromatic nitrogens is 1. The summed E-state index contributed by atoms with van der Waals surface area (Å²) in [5.41, 5.74) is 1.12. The largest absolute Gasteiger partial charge is 0.385 e. The predicted octanol–water partition coefficient (Wildman–Crippen LogP) is 1.27. The van der Waals surface area contributed by atoms with Crippen LogP contribution in [0.5, 0.6) is 0 Å². The Balaban J connectivity index is 2.50. The Morgan fingerprint density at radius 2 is 2.09 bits per heavy atom. The third-order valence-corrected chi connectivity index (χ3v) is 2.22. The standard InChI is InChI=1S/C8H11NO2/c1-5-7(6(2)11-9-5)8(10)3-4-8/h10H,3-4H2,1-2H3. The van der Waals surface area contributed by atoms with Crippen LogP contribution >= 0.6 is 0 Å². The van der Waals surface area contributed by atoms with E-state index in [9.17, 15) is 5.11 Å². The van der Waals surface area contributed by atoms with Crippen molar-refractivity contribution in [3.63, 3.8) is 0 Å². The van der Waals surface area contributed by atoms with E-state index in [1.165, 1.54) is 0 Å². The second kappa shape index (κ2) is 1.85. The topological polar surface area (TPSA) is 46.3 Å². The summed E-state index contributed by atoms with van der Waals surface area (Å²) in [7, 11) is 0. The molecular formula is C8H11NO2. The highest BCUT2D eigenvalue weighted by molar-refractivity contribution is 5.32. The van der Waals surface area contributed by atoms with Crippen molar-refractivity contribution < 1.29 is 9.63 Å². The Morgan fingerprint density at radius 3 is 2.45 bits per heavy atom. The van der Waals surface area contributed by atoms with Gasteiger partial charge in [0.2, 0.25) is 0 Å². The van der Waals surface area contributed by atoms with E-state index >= 15 is 0 Å². The van der Waals surface area contributed by atoms with Crippen molar-refractivity contribution >= 4 is 0 Å². The Labute approximate surface area is 65.0 Å². The zero-order valence-electron chi connectivity index (χ0n) is 6.72. The minimum Gasteiger partial charge on any atom is -0.385 e.